The number of nitrogens with two attached hydrogens (primary N) is 2. The van der Waals surface area contributed by atoms with E-state index in [2.05, 4.69) is 10.6 Å². The first kappa shape index (κ1) is 21.3. The third kappa shape index (κ3) is 8.05. The van der Waals surface area contributed by atoms with Crippen molar-refractivity contribution in [2.24, 2.45) is 11.5 Å². The van der Waals surface area contributed by atoms with E-state index in [9.17, 15) is 29.1 Å². The molecule has 0 fully saturated rings. The van der Waals surface area contributed by atoms with Crippen molar-refractivity contribution in [3.8, 4) is 0 Å². The molecule has 0 bridgehead atoms. The van der Waals surface area contributed by atoms with Gasteiger partial charge >= 0.3 is 5.97 Å². The van der Waals surface area contributed by atoms with Crippen LogP contribution in [0.4, 0.5) is 0 Å². The first-order valence-corrected chi connectivity index (χ1v) is 6.84. The zero-order chi connectivity index (χ0) is 18.9. The normalized spacial score (nSPS) is 14.0. The highest BCUT2D eigenvalue weighted by Gasteiger charge is 2.30. The Morgan fingerprint density at radius 1 is 1.08 bits per heavy atom. The van der Waals surface area contributed by atoms with E-state index in [-0.39, 0.29) is 0 Å². The van der Waals surface area contributed by atoms with Crippen molar-refractivity contribution < 1.29 is 34.2 Å². The molecule has 0 aliphatic rings. The number of hydrogen-bond acceptors (Lipinski definition) is 7. The minimum absolute atomic E-state index is 0.443. The third-order valence-corrected chi connectivity index (χ3v) is 2.72. The van der Waals surface area contributed by atoms with Crippen LogP contribution >= 0.6 is 0 Å². The number of rotatable bonds is 10. The standard InChI is InChI=1S/C12H21N5O7/c1-5(18)10(12(24)15-4-9(21)22)17-11(23)6(2-7(14)19)16-8(20)3-13/h5-6,10,18H,2-4,13H2,1H3,(H2,14,19)(H,15,24)(H,16,20)(H,17,23)(H,21,22). The van der Waals surface area contributed by atoms with Crippen LogP contribution in [0.3, 0.4) is 0 Å². The predicted octanol–water partition coefficient (Wildman–Crippen LogP) is -4.63. The number of aliphatic hydroxyl groups is 1. The van der Waals surface area contributed by atoms with Crippen LogP contribution in [-0.4, -0.2) is 71.1 Å². The summed E-state index contributed by atoms with van der Waals surface area (Å²) in [5.74, 6) is -4.87. The number of carboxylic acid groups (broad SMARTS) is 1. The minimum atomic E-state index is -1.50. The molecule has 12 nitrogen and oxygen atoms in total. The van der Waals surface area contributed by atoms with Gasteiger partial charge in [0.15, 0.2) is 0 Å². The molecule has 3 unspecified atom stereocenters. The van der Waals surface area contributed by atoms with E-state index in [0.29, 0.717) is 0 Å². The molecular formula is C12H21N5O7. The average Bonchev–Trinajstić information content (AvgIpc) is 2.48. The van der Waals surface area contributed by atoms with Gasteiger partial charge in [-0.15, -0.1) is 0 Å². The highest BCUT2D eigenvalue weighted by Crippen LogP contribution is 1.98. The van der Waals surface area contributed by atoms with E-state index >= 15 is 0 Å². The fourth-order valence-corrected chi connectivity index (χ4v) is 1.60. The third-order valence-electron chi connectivity index (χ3n) is 2.72. The molecule has 0 aromatic carbocycles. The number of aliphatic carboxylic acids is 1. The number of carbonyl (C=O) groups excluding carboxylic acids is 4. The fourth-order valence-electron chi connectivity index (χ4n) is 1.60. The Morgan fingerprint density at radius 2 is 1.67 bits per heavy atom. The lowest BCUT2D eigenvalue weighted by atomic mass is 10.1. The van der Waals surface area contributed by atoms with Crippen LogP contribution in [0.2, 0.25) is 0 Å². The maximum atomic E-state index is 12.1. The topological polar surface area (TPSA) is 214 Å². The summed E-state index contributed by atoms with van der Waals surface area (Å²) in [6, 6.07) is -2.89. The van der Waals surface area contributed by atoms with Crippen LogP contribution in [0.15, 0.2) is 0 Å². The van der Waals surface area contributed by atoms with Crippen molar-refractivity contribution in [2.75, 3.05) is 13.1 Å². The number of primary amides is 1. The molecule has 0 aromatic rings. The molecule has 0 aliphatic carbocycles. The summed E-state index contributed by atoms with van der Waals surface area (Å²) >= 11 is 0. The molecule has 4 amide bonds. The van der Waals surface area contributed by atoms with Crippen LogP contribution in [0, 0.1) is 0 Å². The number of carboxylic acids is 1. The summed E-state index contributed by atoms with van der Waals surface area (Å²) in [6.45, 7) is 0.0286. The zero-order valence-corrected chi connectivity index (χ0v) is 12.9. The highest BCUT2D eigenvalue weighted by atomic mass is 16.4. The van der Waals surface area contributed by atoms with Gasteiger partial charge in [-0.05, 0) is 6.92 Å². The molecule has 0 saturated carbocycles. The van der Waals surface area contributed by atoms with Crippen molar-refractivity contribution >= 4 is 29.6 Å². The molecule has 9 N–H and O–H groups in total. The lowest BCUT2D eigenvalue weighted by molar-refractivity contribution is -0.139. The first-order chi connectivity index (χ1) is 11.1. The van der Waals surface area contributed by atoms with Gasteiger partial charge in [0.05, 0.1) is 19.1 Å². The Hall–Kier alpha value is -2.73. The molecule has 0 spiro atoms. The van der Waals surface area contributed by atoms with E-state index in [1.807, 2.05) is 5.32 Å². The van der Waals surface area contributed by atoms with Gasteiger partial charge in [-0.3, -0.25) is 24.0 Å². The van der Waals surface area contributed by atoms with Gasteiger partial charge in [-0.1, -0.05) is 0 Å². The number of nitrogens with one attached hydrogen (secondary N) is 3. The van der Waals surface area contributed by atoms with Crippen molar-refractivity contribution in [3.05, 3.63) is 0 Å². The number of aliphatic hydroxyl groups excluding tert-OH is 1. The largest absolute Gasteiger partial charge is 0.480 e. The van der Waals surface area contributed by atoms with Crippen LogP contribution in [0.5, 0.6) is 0 Å². The van der Waals surface area contributed by atoms with E-state index in [1.54, 1.807) is 0 Å². The molecule has 24 heavy (non-hydrogen) atoms. The first-order valence-electron chi connectivity index (χ1n) is 6.84. The smallest absolute Gasteiger partial charge is 0.322 e. The molecule has 3 atom stereocenters. The SMILES string of the molecule is CC(O)C(NC(=O)C(CC(N)=O)NC(=O)CN)C(=O)NCC(=O)O. The van der Waals surface area contributed by atoms with E-state index in [0.717, 1.165) is 0 Å². The maximum absolute atomic E-state index is 12.1. The van der Waals surface area contributed by atoms with Crippen LogP contribution in [-0.2, 0) is 24.0 Å². The van der Waals surface area contributed by atoms with Crippen LogP contribution in [0.1, 0.15) is 13.3 Å². The molecule has 0 radical (unpaired) electrons. The summed E-state index contributed by atoms with van der Waals surface area (Å²) in [5.41, 5.74) is 10.1. The van der Waals surface area contributed by atoms with E-state index < -0.39 is 67.3 Å². The molecule has 0 aliphatic heterocycles. The van der Waals surface area contributed by atoms with Crippen LogP contribution < -0.4 is 27.4 Å². The molecule has 12 heteroatoms. The summed E-state index contributed by atoms with van der Waals surface area (Å²) < 4.78 is 0. The Kier molecular flexibility index (Phi) is 8.97. The van der Waals surface area contributed by atoms with E-state index in [4.69, 9.17) is 16.6 Å². The van der Waals surface area contributed by atoms with Crippen molar-refractivity contribution in [1.82, 2.24) is 16.0 Å². The van der Waals surface area contributed by atoms with Crippen LogP contribution in [0.25, 0.3) is 0 Å². The number of carbonyl (C=O) groups is 5. The Labute approximate surface area is 136 Å². The van der Waals surface area contributed by atoms with Gasteiger partial charge in [0.2, 0.25) is 23.6 Å². The van der Waals surface area contributed by atoms with Gasteiger partial charge in [0, 0.05) is 0 Å². The zero-order valence-electron chi connectivity index (χ0n) is 12.9. The molecular weight excluding hydrogens is 326 g/mol. The fraction of sp³-hybridized carbons (Fsp3) is 0.583. The van der Waals surface area contributed by atoms with Gasteiger partial charge < -0.3 is 37.6 Å². The van der Waals surface area contributed by atoms with Gasteiger partial charge in [0.25, 0.3) is 0 Å². The average molecular weight is 347 g/mol. The second-order valence-electron chi connectivity index (χ2n) is 4.83. The molecule has 0 aromatic heterocycles. The Bertz CT molecular complexity index is 508. The lowest BCUT2D eigenvalue weighted by Crippen LogP contribution is -2.58. The Morgan fingerprint density at radius 3 is 2.08 bits per heavy atom. The molecule has 0 rings (SSSR count). The second-order valence-corrected chi connectivity index (χ2v) is 4.83. The van der Waals surface area contributed by atoms with E-state index in [1.165, 1.54) is 6.92 Å². The maximum Gasteiger partial charge on any atom is 0.322 e. The quantitative estimate of drug-likeness (QED) is 0.203. The van der Waals surface area contributed by atoms with Crippen molar-refractivity contribution in [1.29, 1.82) is 0 Å². The van der Waals surface area contributed by atoms with Crippen molar-refractivity contribution in [3.63, 3.8) is 0 Å². The minimum Gasteiger partial charge on any atom is -0.480 e. The molecule has 0 saturated heterocycles. The van der Waals surface area contributed by atoms with Crippen molar-refractivity contribution in [2.45, 2.75) is 31.5 Å². The van der Waals surface area contributed by atoms with Gasteiger partial charge in [-0.25, -0.2) is 0 Å². The highest BCUT2D eigenvalue weighted by molar-refractivity contribution is 5.95. The Balaban J connectivity index is 5.03. The summed E-state index contributed by atoms with van der Waals surface area (Å²) in [6.07, 6.45) is -1.93. The lowest BCUT2D eigenvalue weighted by Gasteiger charge is -2.23. The summed E-state index contributed by atoms with van der Waals surface area (Å²) in [4.78, 5) is 56.6. The van der Waals surface area contributed by atoms with Gasteiger partial charge in [-0.2, -0.15) is 0 Å². The monoisotopic (exact) mass is 347 g/mol. The summed E-state index contributed by atoms with van der Waals surface area (Å²) in [7, 11) is 0. The predicted molar refractivity (Wildman–Crippen MR) is 79.1 cm³/mol. The molecule has 136 valence electrons. The van der Waals surface area contributed by atoms with Gasteiger partial charge in [0.1, 0.15) is 18.6 Å². The number of hydrogen-bond donors (Lipinski definition) is 7. The summed E-state index contributed by atoms with van der Waals surface area (Å²) in [5, 5.41) is 24.3. The second kappa shape index (κ2) is 10.1. The molecule has 0 heterocycles. The number of amides is 4.